The van der Waals surface area contributed by atoms with Crippen LogP contribution in [0.4, 0.5) is 11.4 Å². The van der Waals surface area contributed by atoms with Crippen molar-refractivity contribution in [2.24, 2.45) is 5.92 Å². The molecule has 0 atom stereocenters. The Kier molecular flexibility index (Phi) is 10.0. The molecule has 0 bridgehead atoms. The number of benzene rings is 3. The van der Waals surface area contributed by atoms with Gasteiger partial charge in [-0.25, -0.2) is 0 Å². The molecule has 0 spiro atoms. The highest BCUT2D eigenvalue weighted by atomic mass is 79.9. The number of ether oxygens (including phenoxy) is 1. The van der Waals surface area contributed by atoms with Crippen LogP contribution in [0.25, 0.3) is 0 Å². The van der Waals surface area contributed by atoms with E-state index in [1.165, 1.54) is 0 Å². The maximum Gasteiger partial charge on any atom is 0.261 e. The average Bonchev–Trinajstić information content (AvgIpc) is 2.86. The smallest absolute Gasteiger partial charge is 0.261 e. The molecule has 6 nitrogen and oxygen atoms in total. The van der Waals surface area contributed by atoms with Gasteiger partial charge >= 0.3 is 0 Å². The lowest BCUT2D eigenvalue weighted by Crippen LogP contribution is -2.34. The minimum atomic E-state index is -0.374. The van der Waals surface area contributed by atoms with Crippen LogP contribution in [-0.4, -0.2) is 30.1 Å². The van der Waals surface area contributed by atoms with Crippen LogP contribution in [0.15, 0.2) is 77.3 Å². The molecule has 2 N–H and O–H groups in total. The van der Waals surface area contributed by atoms with Crippen molar-refractivity contribution >= 4 is 56.4 Å². The zero-order valence-electron chi connectivity index (χ0n) is 20.6. The van der Waals surface area contributed by atoms with Crippen molar-refractivity contribution < 1.29 is 14.3 Å². The third-order valence-corrected chi connectivity index (χ3v) is 6.08. The zero-order chi connectivity index (χ0) is 26.1. The lowest BCUT2D eigenvalue weighted by Gasteiger charge is -2.21. The minimum absolute atomic E-state index is 0.0919. The highest BCUT2D eigenvalue weighted by Gasteiger charge is 2.17. The Morgan fingerprint density at radius 2 is 1.72 bits per heavy atom. The van der Waals surface area contributed by atoms with E-state index in [0.717, 1.165) is 16.6 Å². The summed E-state index contributed by atoms with van der Waals surface area (Å²) >= 11 is 8.76. The SMILES string of the molecule is CCN(C(=O)c1ccc(NC(=S)NC(=O)c2cc(Br)ccc2OCCC(C)C)cc1)c1ccccc1. The van der Waals surface area contributed by atoms with Gasteiger partial charge in [-0.1, -0.05) is 48.0 Å². The predicted molar refractivity (Wildman–Crippen MR) is 153 cm³/mol. The van der Waals surface area contributed by atoms with Gasteiger partial charge in [0.1, 0.15) is 5.75 Å². The van der Waals surface area contributed by atoms with E-state index < -0.39 is 0 Å². The molecule has 188 valence electrons. The van der Waals surface area contributed by atoms with Gasteiger partial charge in [0.2, 0.25) is 0 Å². The third-order valence-electron chi connectivity index (χ3n) is 5.39. The monoisotopic (exact) mass is 567 g/mol. The van der Waals surface area contributed by atoms with Crippen molar-refractivity contribution in [1.29, 1.82) is 0 Å². The first kappa shape index (κ1) is 27.4. The van der Waals surface area contributed by atoms with Crippen LogP contribution in [-0.2, 0) is 0 Å². The molecule has 0 radical (unpaired) electrons. The van der Waals surface area contributed by atoms with E-state index in [1.807, 2.05) is 43.3 Å². The summed E-state index contributed by atoms with van der Waals surface area (Å²) in [6.07, 6.45) is 0.886. The molecule has 0 aliphatic carbocycles. The zero-order valence-corrected chi connectivity index (χ0v) is 23.0. The Morgan fingerprint density at radius 3 is 2.36 bits per heavy atom. The number of halogens is 1. The van der Waals surface area contributed by atoms with Crippen molar-refractivity contribution in [1.82, 2.24) is 5.32 Å². The van der Waals surface area contributed by atoms with Gasteiger partial charge < -0.3 is 15.0 Å². The minimum Gasteiger partial charge on any atom is -0.493 e. The fraction of sp³-hybridized carbons (Fsp3) is 0.250. The Balaban J connectivity index is 1.63. The first-order chi connectivity index (χ1) is 17.3. The van der Waals surface area contributed by atoms with E-state index in [2.05, 4.69) is 40.4 Å². The Morgan fingerprint density at radius 1 is 1.03 bits per heavy atom. The van der Waals surface area contributed by atoms with E-state index in [4.69, 9.17) is 17.0 Å². The Labute approximate surface area is 226 Å². The predicted octanol–water partition coefficient (Wildman–Crippen LogP) is 6.67. The summed E-state index contributed by atoms with van der Waals surface area (Å²) in [6, 6.07) is 21.8. The molecule has 36 heavy (non-hydrogen) atoms. The van der Waals surface area contributed by atoms with Crippen molar-refractivity contribution in [3.63, 3.8) is 0 Å². The number of thiocarbonyl (C=S) groups is 1. The van der Waals surface area contributed by atoms with Crippen molar-refractivity contribution in [2.75, 3.05) is 23.4 Å². The molecule has 0 saturated heterocycles. The first-order valence-electron chi connectivity index (χ1n) is 11.8. The summed E-state index contributed by atoms with van der Waals surface area (Å²) in [6.45, 7) is 7.25. The van der Waals surface area contributed by atoms with Gasteiger partial charge in [0.25, 0.3) is 11.8 Å². The number of hydrogen-bond donors (Lipinski definition) is 2. The van der Waals surface area contributed by atoms with E-state index in [9.17, 15) is 9.59 Å². The Hall–Kier alpha value is -3.23. The number of hydrogen-bond acceptors (Lipinski definition) is 4. The number of anilines is 2. The van der Waals surface area contributed by atoms with E-state index in [1.54, 1.807) is 41.3 Å². The van der Waals surface area contributed by atoms with Crippen LogP contribution in [0.2, 0.25) is 0 Å². The van der Waals surface area contributed by atoms with Gasteiger partial charge in [-0.3, -0.25) is 14.9 Å². The van der Waals surface area contributed by atoms with Crippen LogP contribution < -0.4 is 20.3 Å². The van der Waals surface area contributed by atoms with Gasteiger partial charge in [0, 0.05) is 28.0 Å². The normalized spacial score (nSPS) is 10.6. The van der Waals surface area contributed by atoms with Crippen LogP contribution in [0.3, 0.4) is 0 Å². The topological polar surface area (TPSA) is 70.7 Å². The summed E-state index contributed by atoms with van der Waals surface area (Å²) < 4.78 is 6.60. The number of para-hydroxylation sites is 1. The summed E-state index contributed by atoms with van der Waals surface area (Å²) in [4.78, 5) is 27.6. The van der Waals surface area contributed by atoms with Gasteiger partial charge in [-0.2, -0.15) is 0 Å². The molecule has 0 unspecified atom stereocenters. The Bertz CT molecular complexity index is 1200. The molecule has 0 saturated carbocycles. The second kappa shape index (κ2) is 13.2. The molecule has 0 aliphatic heterocycles. The van der Waals surface area contributed by atoms with Crippen LogP contribution >= 0.6 is 28.1 Å². The van der Waals surface area contributed by atoms with Crippen molar-refractivity contribution in [3.05, 3.63) is 88.4 Å². The number of carbonyl (C=O) groups is 2. The van der Waals surface area contributed by atoms with E-state index in [-0.39, 0.29) is 16.9 Å². The molecular weight excluding hydrogens is 538 g/mol. The van der Waals surface area contributed by atoms with Crippen LogP contribution in [0.1, 0.15) is 47.9 Å². The number of nitrogens with one attached hydrogen (secondary N) is 2. The van der Waals surface area contributed by atoms with Gasteiger partial charge in [0.15, 0.2) is 5.11 Å². The van der Waals surface area contributed by atoms with E-state index >= 15 is 0 Å². The second-order valence-corrected chi connectivity index (χ2v) is 9.87. The van der Waals surface area contributed by atoms with Crippen molar-refractivity contribution in [3.8, 4) is 5.75 Å². The van der Waals surface area contributed by atoms with Gasteiger partial charge in [0.05, 0.1) is 12.2 Å². The molecule has 3 aromatic carbocycles. The average molecular weight is 569 g/mol. The summed E-state index contributed by atoms with van der Waals surface area (Å²) in [5.41, 5.74) is 2.44. The van der Waals surface area contributed by atoms with Crippen LogP contribution in [0, 0.1) is 5.92 Å². The first-order valence-corrected chi connectivity index (χ1v) is 13.0. The lowest BCUT2D eigenvalue weighted by molar-refractivity contribution is 0.0970. The van der Waals surface area contributed by atoms with E-state index in [0.29, 0.717) is 41.6 Å². The molecule has 8 heteroatoms. The maximum atomic E-state index is 13.0. The fourth-order valence-corrected chi connectivity index (χ4v) is 4.02. The molecule has 0 aliphatic rings. The second-order valence-electron chi connectivity index (χ2n) is 8.54. The third kappa shape index (κ3) is 7.63. The maximum absolute atomic E-state index is 13.0. The number of nitrogens with zero attached hydrogens (tertiary/aromatic N) is 1. The molecule has 2 amide bonds. The number of carbonyl (C=O) groups excluding carboxylic acids is 2. The number of amides is 2. The molecule has 0 aromatic heterocycles. The molecule has 0 heterocycles. The fourth-order valence-electron chi connectivity index (χ4n) is 3.45. The van der Waals surface area contributed by atoms with Crippen molar-refractivity contribution in [2.45, 2.75) is 27.2 Å². The summed E-state index contributed by atoms with van der Waals surface area (Å²) in [5, 5.41) is 5.85. The molecule has 0 fully saturated rings. The lowest BCUT2D eigenvalue weighted by atomic mass is 10.1. The van der Waals surface area contributed by atoms with Crippen LogP contribution in [0.5, 0.6) is 5.75 Å². The molecular formula is C28H30BrN3O3S. The summed E-state index contributed by atoms with van der Waals surface area (Å²) in [7, 11) is 0. The highest BCUT2D eigenvalue weighted by Crippen LogP contribution is 2.24. The van der Waals surface area contributed by atoms with Gasteiger partial charge in [-0.05, 0) is 86.1 Å². The largest absolute Gasteiger partial charge is 0.493 e. The quantitative estimate of drug-likeness (QED) is 0.282. The standard InChI is InChI=1S/C28H30BrN3O3S/c1-4-32(23-8-6-5-7-9-23)27(34)20-10-13-22(14-11-20)30-28(36)31-26(33)24-18-21(29)12-15-25(24)35-17-16-19(2)3/h5-15,18-19H,4,16-17H2,1-3H3,(H2,30,31,33,36). The number of rotatable bonds is 9. The molecule has 3 aromatic rings. The summed E-state index contributed by atoms with van der Waals surface area (Å²) in [5.74, 6) is 0.535. The van der Waals surface area contributed by atoms with Gasteiger partial charge in [-0.15, -0.1) is 0 Å². The highest BCUT2D eigenvalue weighted by molar-refractivity contribution is 9.10. The molecule has 3 rings (SSSR count).